The van der Waals surface area contributed by atoms with E-state index >= 15 is 0 Å². The number of rotatable bonds is 3. The molecular weight excluding hydrogens is 296 g/mol. The van der Waals surface area contributed by atoms with Crippen molar-refractivity contribution in [3.05, 3.63) is 17.3 Å². The van der Waals surface area contributed by atoms with E-state index in [9.17, 15) is 4.79 Å². The summed E-state index contributed by atoms with van der Waals surface area (Å²) in [4.78, 5) is 23.6. The number of carbonyl (C=O) groups is 1. The van der Waals surface area contributed by atoms with E-state index in [4.69, 9.17) is 11.6 Å². The lowest BCUT2D eigenvalue weighted by Gasteiger charge is -2.22. The van der Waals surface area contributed by atoms with Gasteiger partial charge in [0.1, 0.15) is 0 Å². The van der Waals surface area contributed by atoms with E-state index in [2.05, 4.69) is 20.3 Å². The lowest BCUT2D eigenvalue weighted by molar-refractivity contribution is -0.121. The molecule has 2 aromatic heterocycles. The van der Waals surface area contributed by atoms with Gasteiger partial charge < -0.3 is 10.3 Å². The molecule has 0 saturated carbocycles. The van der Waals surface area contributed by atoms with Crippen LogP contribution in [0.2, 0.25) is 5.02 Å². The molecule has 1 amide bonds. The Balaban J connectivity index is 2.09. The van der Waals surface area contributed by atoms with E-state index in [-0.39, 0.29) is 16.7 Å². The average molecular weight is 313 g/mol. The monoisotopic (exact) mass is 312 g/mol. The molecule has 0 bridgehead atoms. The Kier molecular flexibility index (Phi) is 4.25. The second kappa shape index (κ2) is 5.61. The molecule has 2 heterocycles. The van der Waals surface area contributed by atoms with Crippen molar-refractivity contribution in [1.82, 2.24) is 20.3 Å². The summed E-state index contributed by atoms with van der Waals surface area (Å²) in [5.74, 6) is -0.0195. The van der Waals surface area contributed by atoms with Crippen LogP contribution >= 0.6 is 23.4 Å². The molecule has 0 aromatic carbocycles. The van der Waals surface area contributed by atoms with E-state index in [1.54, 1.807) is 12.3 Å². The van der Waals surface area contributed by atoms with Crippen molar-refractivity contribution in [2.45, 2.75) is 43.6 Å². The molecule has 2 aromatic rings. The molecule has 2 N–H and O–H groups in total. The molecular formula is C13H17ClN4OS. The van der Waals surface area contributed by atoms with Gasteiger partial charge >= 0.3 is 0 Å². The number of halogens is 1. The summed E-state index contributed by atoms with van der Waals surface area (Å²) in [5.41, 5.74) is 1.12. The van der Waals surface area contributed by atoms with Crippen molar-refractivity contribution >= 4 is 40.4 Å². The molecule has 20 heavy (non-hydrogen) atoms. The first kappa shape index (κ1) is 15.1. The van der Waals surface area contributed by atoms with Crippen LogP contribution in [0.15, 0.2) is 17.4 Å². The number of thioether (sulfide) groups is 1. The third-order valence-electron chi connectivity index (χ3n) is 2.44. The van der Waals surface area contributed by atoms with Crippen LogP contribution in [-0.2, 0) is 4.79 Å². The summed E-state index contributed by atoms with van der Waals surface area (Å²) >= 11 is 7.24. The minimum Gasteiger partial charge on any atom is -0.351 e. The van der Waals surface area contributed by atoms with Gasteiger partial charge in [-0.1, -0.05) is 23.4 Å². The van der Waals surface area contributed by atoms with Crippen LogP contribution in [-0.4, -0.2) is 31.6 Å². The Morgan fingerprint density at radius 2 is 2.20 bits per heavy atom. The molecule has 0 saturated heterocycles. The molecule has 0 aliphatic carbocycles. The van der Waals surface area contributed by atoms with Crippen LogP contribution in [0.25, 0.3) is 11.2 Å². The number of H-pyrrole nitrogens is 1. The largest absolute Gasteiger partial charge is 0.351 e. The molecule has 0 spiro atoms. The number of amides is 1. The standard InChI is InChI=1S/C13H17ClN4OS/c1-7(11(19)18-13(2,3)4)20-12-16-9-5-8(14)6-15-10(9)17-12/h5-7H,1-4H3,(H,18,19)(H,15,16,17)/t7-/m0/s1. The number of imidazole rings is 1. The fourth-order valence-corrected chi connectivity index (χ4v) is 2.57. The number of aromatic amines is 1. The maximum Gasteiger partial charge on any atom is 0.233 e. The normalized spacial score (nSPS) is 13.4. The molecule has 0 radical (unpaired) electrons. The van der Waals surface area contributed by atoms with E-state index in [1.807, 2.05) is 27.7 Å². The minimum absolute atomic E-state index is 0.0195. The number of hydrogen-bond acceptors (Lipinski definition) is 4. The number of fused-ring (bicyclic) bond motifs is 1. The number of carbonyl (C=O) groups excluding carboxylic acids is 1. The van der Waals surface area contributed by atoms with Gasteiger partial charge in [-0.2, -0.15) is 0 Å². The summed E-state index contributed by atoms with van der Waals surface area (Å²) in [6, 6.07) is 1.76. The van der Waals surface area contributed by atoms with Crippen molar-refractivity contribution in [1.29, 1.82) is 0 Å². The van der Waals surface area contributed by atoms with Gasteiger partial charge in [-0.15, -0.1) is 0 Å². The smallest absolute Gasteiger partial charge is 0.233 e. The van der Waals surface area contributed by atoms with Crippen molar-refractivity contribution in [2.75, 3.05) is 0 Å². The SMILES string of the molecule is C[C@H](Sc1nc2ncc(Cl)cc2[nH]1)C(=O)NC(C)(C)C. The Hall–Kier alpha value is -1.27. The molecule has 0 fully saturated rings. The molecule has 1 atom stereocenters. The van der Waals surface area contributed by atoms with Crippen molar-refractivity contribution in [3.8, 4) is 0 Å². The Labute approximate surface area is 126 Å². The zero-order valence-electron chi connectivity index (χ0n) is 11.8. The van der Waals surface area contributed by atoms with Gasteiger partial charge in [0.15, 0.2) is 10.8 Å². The van der Waals surface area contributed by atoms with Gasteiger partial charge in [-0.25, -0.2) is 9.97 Å². The number of hydrogen-bond donors (Lipinski definition) is 2. The summed E-state index contributed by atoms with van der Waals surface area (Å²) < 4.78 is 0. The summed E-state index contributed by atoms with van der Waals surface area (Å²) in [6.45, 7) is 7.71. The van der Waals surface area contributed by atoms with Gasteiger partial charge in [0, 0.05) is 11.7 Å². The van der Waals surface area contributed by atoms with Crippen molar-refractivity contribution in [3.63, 3.8) is 0 Å². The van der Waals surface area contributed by atoms with E-state index < -0.39 is 0 Å². The maximum atomic E-state index is 12.0. The summed E-state index contributed by atoms with van der Waals surface area (Å²) in [7, 11) is 0. The fourth-order valence-electron chi connectivity index (χ4n) is 1.60. The Morgan fingerprint density at radius 1 is 1.50 bits per heavy atom. The first-order chi connectivity index (χ1) is 9.24. The topological polar surface area (TPSA) is 70.7 Å². The van der Waals surface area contributed by atoms with Crippen LogP contribution in [0.1, 0.15) is 27.7 Å². The molecule has 5 nitrogen and oxygen atoms in total. The average Bonchev–Trinajstić information content (AvgIpc) is 2.67. The number of nitrogens with one attached hydrogen (secondary N) is 2. The third kappa shape index (κ3) is 3.86. The van der Waals surface area contributed by atoms with E-state index in [0.717, 1.165) is 5.52 Å². The van der Waals surface area contributed by atoms with Crippen molar-refractivity contribution < 1.29 is 4.79 Å². The highest BCUT2D eigenvalue weighted by Crippen LogP contribution is 2.24. The highest BCUT2D eigenvalue weighted by Gasteiger charge is 2.21. The lowest BCUT2D eigenvalue weighted by Crippen LogP contribution is -2.44. The quantitative estimate of drug-likeness (QED) is 0.855. The predicted octanol–water partition coefficient (Wildman–Crippen LogP) is 3.01. The highest BCUT2D eigenvalue weighted by atomic mass is 35.5. The summed E-state index contributed by atoms with van der Waals surface area (Å²) in [5, 5.41) is 3.91. The fraction of sp³-hybridized carbons (Fsp3) is 0.462. The van der Waals surface area contributed by atoms with Crippen LogP contribution in [0.3, 0.4) is 0 Å². The molecule has 0 aliphatic heterocycles. The van der Waals surface area contributed by atoms with E-state index in [1.165, 1.54) is 11.8 Å². The molecule has 0 aliphatic rings. The first-order valence-electron chi connectivity index (χ1n) is 6.24. The lowest BCUT2D eigenvalue weighted by atomic mass is 10.1. The van der Waals surface area contributed by atoms with Crippen LogP contribution in [0.4, 0.5) is 0 Å². The third-order valence-corrected chi connectivity index (χ3v) is 3.63. The van der Waals surface area contributed by atoms with Gasteiger partial charge in [0.25, 0.3) is 0 Å². The predicted molar refractivity (Wildman–Crippen MR) is 82.1 cm³/mol. The van der Waals surface area contributed by atoms with Gasteiger partial charge in [-0.05, 0) is 33.8 Å². The van der Waals surface area contributed by atoms with Crippen LogP contribution in [0.5, 0.6) is 0 Å². The maximum absolute atomic E-state index is 12.0. The Morgan fingerprint density at radius 3 is 2.85 bits per heavy atom. The molecule has 7 heteroatoms. The molecule has 0 unspecified atom stereocenters. The zero-order valence-corrected chi connectivity index (χ0v) is 13.4. The van der Waals surface area contributed by atoms with Gasteiger partial charge in [0.2, 0.25) is 5.91 Å². The van der Waals surface area contributed by atoms with Crippen LogP contribution in [0, 0.1) is 0 Å². The molecule has 108 valence electrons. The first-order valence-corrected chi connectivity index (χ1v) is 7.50. The van der Waals surface area contributed by atoms with Crippen LogP contribution < -0.4 is 5.32 Å². The highest BCUT2D eigenvalue weighted by molar-refractivity contribution is 8.00. The van der Waals surface area contributed by atoms with Gasteiger partial charge in [0.05, 0.1) is 15.8 Å². The number of aromatic nitrogens is 3. The number of nitrogens with zero attached hydrogens (tertiary/aromatic N) is 2. The van der Waals surface area contributed by atoms with E-state index in [0.29, 0.717) is 15.8 Å². The van der Waals surface area contributed by atoms with Crippen molar-refractivity contribution in [2.24, 2.45) is 0 Å². The Bertz CT molecular complexity index is 635. The molecule has 2 rings (SSSR count). The second-order valence-electron chi connectivity index (χ2n) is 5.57. The second-order valence-corrected chi connectivity index (χ2v) is 7.33. The number of pyridine rings is 1. The zero-order chi connectivity index (χ0) is 14.9. The van der Waals surface area contributed by atoms with Gasteiger partial charge in [-0.3, -0.25) is 4.79 Å². The summed E-state index contributed by atoms with van der Waals surface area (Å²) in [6.07, 6.45) is 1.55. The minimum atomic E-state index is -0.245.